The van der Waals surface area contributed by atoms with Gasteiger partial charge in [0.05, 0.1) is 12.0 Å². The molecule has 0 fully saturated rings. The van der Waals surface area contributed by atoms with Gasteiger partial charge in [0, 0.05) is 11.4 Å². The molecular weight excluding hydrogens is 300 g/mol. The summed E-state index contributed by atoms with van der Waals surface area (Å²) < 4.78 is 0. The standard InChI is InChI=1S/C15H16N4O2S/c1-10-6-11(2)18-15(17-10)22-9-14(21)19-16-8-12-4-3-5-13(20)7-12/h3-8,20H,9H2,1-2H3,(H,19,21). The third kappa shape index (κ3) is 5.17. The van der Waals surface area contributed by atoms with Gasteiger partial charge in [-0.3, -0.25) is 4.79 Å². The van der Waals surface area contributed by atoms with Crippen molar-refractivity contribution >= 4 is 23.9 Å². The number of thioether (sulfide) groups is 1. The molecular formula is C15H16N4O2S. The van der Waals surface area contributed by atoms with Gasteiger partial charge in [0.2, 0.25) is 0 Å². The van der Waals surface area contributed by atoms with E-state index in [-0.39, 0.29) is 17.4 Å². The molecule has 2 N–H and O–H groups in total. The molecule has 22 heavy (non-hydrogen) atoms. The second-order valence-electron chi connectivity index (χ2n) is 4.61. The van der Waals surface area contributed by atoms with Gasteiger partial charge in [-0.05, 0) is 37.6 Å². The van der Waals surface area contributed by atoms with Crippen molar-refractivity contribution in [1.29, 1.82) is 0 Å². The molecule has 1 heterocycles. The minimum Gasteiger partial charge on any atom is -0.508 e. The fourth-order valence-electron chi connectivity index (χ4n) is 1.70. The Morgan fingerprint density at radius 2 is 2.05 bits per heavy atom. The molecule has 0 spiro atoms. The number of aromatic hydroxyl groups is 1. The molecule has 2 aromatic rings. The molecule has 0 bridgehead atoms. The van der Waals surface area contributed by atoms with Crippen molar-refractivity contribution in [3.63, 3.8) is 0 Å². The van der Waals surface area contributed by atoms with Gasteiger partial charge in [-0.2, -0.15) is 5.10 Å². The first kappa shape index (κ1) is 16.0. The molecule has 114 valence electrons. The zero-order valence-corrected chi connectivity index (χ0v) is 13.1. The van der Waals surface area contributed by atoms with Gasteiger partial charge in [-0.1, -0.05) is 23.9 Å². The number of nitrogens with zero attached hydrogens (tertiary/aromatic N) is 3. The molecule has 0 radical (unpaired) electrons. The van der Waals surface area contributed by atoms with Crippen molar-refractivity contribution in [3.8, 4) is 5.75 Å². The van der Waals surface area contributed by atoms with Gasteiger partial charge in [0.15, 0.2) is 5.16 Å². The number of carbonyl (C=O) groups excluding carboxylic acids is 1. The highest BCUT2D eigenvalue weighted by atomic mass is 32.2. The van der Waals surface area contributed by atoms with Gasteiger partial charge >= 0.3 is 0 Å². The van der Waals surface area contributed by atoms with Crippen molar-refractivity contribution in [1.82, 2.24) is 15.4 Å². The number of aromatic nitrogens is 2. The van der Waals surface area contributed by atoms with E-state index in [1.807, 2.05) is 19.9 Å². The lowest BCUT2D eigenvalue weighted by Crippen LogP contribution is -2.19. The van der Waals surface area contributed by atoms with Crippen LogP contribution in [0.5, 0.6) is 5.75 Å². The second kappa shape index (κ2) is 7.56. The summed E-state index contributed by atoms with van der Waals surface area (Å²) in [4.78, 5) is 20.2. The van der Waals surface area contributed by atoms with Crippen molar-refractivity contribution < 1.29 is 9.90 Å². The summed E-state index contributed by atoms with van der Waals surface area (Å²) in [7, 11) is 0. The van der Waals surface area contributed by atoms with E-state index in [0.29, 0.717) is 10.7 Å². The molecule has 7 heteroatoms. The van der Waals surface area contributed by atoms with Crippen molar-refractivity contribution in [2.75, 3.05) is 5.75 Å². The molecule has 1 amide bonds. The molecule has 6 nitrogen and oxygen atoms in total. The summed E-state index contributed by atoms with van der Waals surface area (Å²) >= 11 is 1.26. The van der Waals surface area contributed by atoms with Gasteiger partial charge in [-0.15, -0.1) is 0 Å². The molecule has 0 atom stereocenters. The number of aryl methyl sites for hydroxylation is 2. The fraction of sp³-hybridized carbons (Fsp3) is 0.200. The molecule has 2 rings (SSSR count). The third-order valence-electron chi connectivity index (χ3n) is 2.57. The molecule has 0 saturated carbocycles. The largest absolute Gasteiger partial charge is 0.508 e. The van der Waals surface area contributed by atoms with Gasteiger partial charge in [0.1, 0.15) is 5.75 Å². The highest BCUT2D eigenvalue weighted by Crippen LogP contribution is 2.13. The summed E-state index contributed by atoms with van der Waals surface area (Å²) in [6.45, 7) is 3.77. The Balaban J connectivity index is 1.83. The monoisotopic (exact) mass is 316 g/mol. The van der Waals surface area contributed by atoms with Gasteiger partial charge < -0.3 is 5.11 Å². The predicted octanol–water partition coefficient (Wildman–Crippen LogP) is 2.04. The molecule has 1 aromatic heterocycles. The quantitative estimate of drug-likeness (QED) is 0.381. The highest BCUT2D eigenvalue weighted by Gasteiger charge is 2.05. The number of rotatable bonds is 5. The van der Waals surface area contributed by atoms with E-state index < -0.39 is 0 Å². The van der Waals surface area contributed by atoms with Crippen LogP contribution in [0, 0.1) is 13.8 Å². The number of benzene rings is 1. The minimum atomic E-state index is -0.246. The Morgan fingerprint density at radius 1 is 1.32 bits per heavy atom. The summed E-state index contributed by atoms with van der Waals surface area (Å²) in [5, 5.41) is 13.7. The zero-order valence-electron chi connectivity index (χ0n) is 12.3. The van der Waals surface area contributed by atoms with Crippen LogP contribution in [0.1, 0.15) is 17.0 Å². The lowest BCUT2D eigenvalue weighted by atomic mass is 10.2. The fourth-order valence-corrected chi connectivity index (χ4v) is 2.45. The van der Waals surface area contributed by atoms with E-state index in [4.69, 9.17) is 0 Å². The average molecular weight is 316 g/mol. The first-order valence-corrected chi connectivity index (χ1v) is 7.57. The number of hydrazone groups is 1. The van der Waals surface area contributed by atoms with Gasteiger partial charge in [-0.25, -0.2) is 15.4 Å². The molecule has 1 aromatic carbocycles. The summed E-state index contributed by atoms with van der Waals surface area (Å²) in [6.07, 6.45) is 1.47. The van der Waals surface area contributed by atoms with E-state index in [1.54, 1.807) is 24.3 Å². The number of phenols is 1. The lowest BCUT2D eigenvalue weighted by molar-refractivity contribution is -0.118. The maximum absolute atomic E-state index is 11.7. The van der Waals surface area contributed by atoms with E-state index in [1.165, 1.54) is 18.0 Å². The maximum Gasteiger partial charge on any atom is 0.250 e. The van der Waals surface area contributed by atoms with E-state index in [0.717, 1.165) is 11.4 Å². The Kier molecular flexibility index (Phi) is 5.48. The number of carbonyl (C=O) groups is 1. The Labute approximate surface area is 132 Å². The Morgan fingerprint density at radius 3 is 2.73 bits per heavy atom. The van der Waals surface area contributed by atoms with E-state index >= 15 is 0 Å². The summed E-state index contributed by atoms with van der Waals surface area (Å²) in [6, 6.07) is 8.47. The first-order chi connectivity index (χ1) is 10.5. The summed E-state index contributed by atoms with van der Waals surface area (Å²) in [5.74, 6) is 0.0854. The average Bonchev–Trinajstić information content (AvgIpc) is 2.44. The van der Waals surface area contributed by atoms with Gasteiger partial charge in [0.25, 0.3) is 5.91 Å². The smallest absolute Gasteiger partial charge is 0.250 e. The summed E-state index contributed by atoms with van der Waals surface area (Å²) in [5.41, 5.74) is 4.87. The third-order valence-corrected chi connectivity index (χ3v) is 3.41. The number of phenolic OH excluding ortho intramolecular Hbond substituents is 1. The Bertz CT molecular complexity index is 683. The topological polar surface area (TPSA) is 87.5 Å². The van der Waals surface area contributed by atoms with E-state index in [2.05, 4.69) is 20.5 Å². The van der Waals surface area contributed by atoms with Crippen molar-refractivity contribution in [3.05, 3.63) is 47.3 Å². The maximum atomic E-state index is 11.7. The van der Waals surface area contributed by atoms with Crippen LogP contribution in [0.15, 0.2) is 40.6 Å². The number of hydrogen-bond donors (Lipinski definition) is 2. The van der Waals surface area contributed by atoms with Crippen LogP contribution in [0.3, 0.4) is 0 Å². The second-order valence-corrected chi connectivity index (χ2v) is 5.55. The number of nitrogens with one attached hydrogen (secondary N) is 1. The van der Waals surface area contributed by atoms with Crippen LogP contribution in [0.2, 0.25) is 0 Å². The predicted molar refractivity (Wildman–Crippen MR) is 86.1 cm³/mol. The molecule has 0 unspecified atom stereocenters. The molecule has 0 aliphatic heterocycles. The lowest BCUT2D eigenvalue weighted by Gasteiger charge is -2.02. The normalized spacial score (nSPS) is 10.8. The van der Waals surface area contributed by atoms with E-state index in [9.17, 15) is 9.90 Å². The highest BCUT2D eigenvalue weighted by molar-refractivity contribution is 7.99. The van der Waals surface area contributed by atoms with Crippen LogP contribution < -0.4 is 5.43 Å². The number of hydrogen-bond acceptors (Lipinski definition) is 6. The van der Waals surface area contributed by atoms with Crippen molar-refractivity contribution in [2.45, 2.75) is 19.0 Å². The molecule has 0 saturated heterocycles. The minimum absolute atomic E-state index is 0.151. The van der Waals surface area contributed by atoms with Crippen LogP contribution in [0.4, 0.5) is 0 Å². The van der Waals surface area contributed by atoms with Crippen LogP contribution >= 0.6 is 11.8 Å². The van der Waals surface area contributed by atoms with Crippen LogP contribution in [0.25, 0.3) is 0 Å². The zero-order chi connectivity index (χ0) is 15.9. The first-order valence-electron chi connectivity index (χ1n) is 6.59. The Hall–Kier alpha value is -2.41. The number of amides is 1. The van der Waals surface area contributed by atoms with Crippen LogP contribution in [-0.4, -0.2) is 32.9 Å². The van der Waals surface area contributed by atoms with Crippen molar-refractivity contribution in [2.24, 2.45) is 5.10 Å². The SMILES string of the molecule is Cc1cc(C)nc(SCC(=O)NN=Cc2cccc(O)c2)n1. The molecule has 0 aliphatic rings. The molecule has 0 aliphatic carbocycles. The van der Waals surface area contributed by atoms with Crippen LogP contribution in [-0.2, 0) is 4.79 Å².